The molecule has 7 nitrogen and oxygen atoms in total. The van der Waals surface area contributed by atoms with Crippen molar-refractivity contribution in [3.05, 3.63) is 78.5 Å². The van der Waals surface area contributed by atoms with E-state index in [4.69, 9.17) is 4.98 Å². The number of nitrogens with zero attached hydrogens (tertiary/aromatic N) is 4. The van der Waals surface area contributed by atoms with Crippen LogP contribution < -0.4 is 16.2 Å². The van der Waals surface area contributed by atoms with Crippen LogP contribution in [0.1, 0.15) is 29.7 Å². The van der Waals surface area contributed by atoms with Crippen LogP contribution in [0.3, 0.4) is 0 Å². The predicted molar refractivity (Wildman–Crippen MR) is 124 cm³/mol. The second-order valence-electron chi connectivity index (χ2n) is 7.78. The largest absolute Gasteiger partial charge is 0.369 e. The van der Waals surface area contributed by atoms with Crippen LogP contribution in [0.5, 0.6) is 0 Å². The van der Waals surface area contributed by atoms with Gasteiger partial charge in [-0.2, -0.15) is 0 Å². The SMILES string of the molecule is C=C1NNc2cnc3c([C@H](C)CNc4cc(-c5ccc(C)nc5)ncn4)cccc3c21. The van der Waals surface area contributed by atoms with Gasteiger partial charge in [-0.3, -0.25) is 15.4 Å². The minimum Gasteiger partial charge on any atom is -0.369 e. The number of para-hydroxylation sites is 1. The van der Waals surface area contributed by atoms with Crippen LogP contribution in [0, 0.1) is 6.92 Å². The fourth-order valence-corrected chi connectivity index (χ4v) is 3.87. The number of pyridine rings is 2. The van der Waals surface area contributed by atoms with Gasteiger partial charge in [0.15, 0.2) is 0 Å². The number of hydrogen-bond donors (Lipinski definition) is 3. The smallest absolute Gasteiger partial charge is 0.129 e. The van der Waals surface area contributed by atoms with Crippen molar-refractivity contribution in [2.24, 2.45) is 0 Å². The van der Waals surface area contributed by atoms with Crippen molar-refractivity contribution in [3.63, 3.8) is 0 Å². The molecule has 1 aliphatic rings. The molecule has 1 atom stereocenters. The summed E-state index contributed by atoms with van der Waals surface area (Å²) in [6.07, 6.45) is 5.28. The van der Waals surface area contributed by atoms with Gasteiger partial charge in [-0.25, -0.2) is 9.97 Å². The zero-order valence-corrected chi connectivity index (χ0v) is 17.5. The highest BCUT2D eigenvalue weighted by molar-refractivity contribution is 5.99. The molecule has 0 aliphatic carbocycles. The minimum atomic E-state index is 0.226. The van der Waals surface area contributed by atoms with Gasteiger partial charge in [-0.1, -0.05) is 31.7 Å². The second-order valence-corrected chi connectivity index (χ2v) is 7.78. The normalized spacial score (nSPS) is 13.4. The van der Waals surface area contributed by atoms with Gasteiger partial charge in [-0.15, -0.1) is 0 Å². The monoisotopic (exact) mass is 409 g/mol. The molecule has 4 aromatic rings. The number of aryl methyl sites for hydroxylation is 1. The summed E-state index contributed by atoms with van der Waals surface area (Å²) in [7, 11) is 0. The molecular weight excluding hydrogens is 386 g/mol. The van der Waals surface area contributed by atoms with Crippen molar-refractivity contribution in [2.45, 2.75) is 19.8 Å². The highest BCUT2D eigenvalue weighted by atomic mass is 15.4. The fraction of sp³-hybridized carbons (Fsp3) is 0.167. The third-order valence-electron chi connectivity index (χ3n) is 5.57. The van der Waals surface area contributed by atoms with Gasteiger partial charge in [0.05, 0.1) is 28.8 Å². The summed E-state index contributed by atoms with van der Waals surface area (Å²) in [5.41, 5.74) is 14.1. The predicted octanol–water partition coefficient (Wildman–Crippen LogP) is 4.51. The summed E-state index contributed by atoms with van der Waals surface area (Å²) < 4.78 is 0. The molecular formula is C24H23N7. The van der Waals surface area contributed by atoms with Crippen LogP contribution in [-0.4, -0.2) is 26.5 Å². The summed E-state index contributed by atoms with van der Waals surface area (Å²) in [5, 5.41) is 4.55. The standard InChI is InChI=1S/C24H23N7/c1-14(10-26-22-9-20(28-13-29-22)17-8-7-15(2)25-11-17)18-5-4-6-19-23-16(3)30-31-21(23)12-27-24(18)19/h4-9,11-14,30-31H,3,10H2,1-2H3,(H,26,28,29)/t14-/m1/s1. The molecule has 4 heterocycles. The summed E-state index contributed by atoms with van der Waals surface area (Å²) >= 11 is 0. The molecule has 0 saturated heterocycles. The van der Waals surface area contributed by atoms with Gasteiger partial charge in [0.2, 0.25) is 0 Å². The number of nitrogens with one attached hydrogen (secondary N) is 3. The molecule has 0 spiro atoms. The third-order valence-corrected chi connectivity index (χ3v) is 5.57. The lowest BCUT2D eigenvalue weighted by atomic mass is 9.95. The Morgan fingerprint density at radius 2 is 1.94 bits per heavy atom. The molecule has 7 heteroatoms. The lowest BCUT2D eigenvalue weighted by Crippen LogP contribution is -2.12. The van der Waals surface area contributed by atoms with Crippen molar-refractivity contribution < 1.29 is 0 Å². The van der Waals surface area contributed by atoms with E-state index in [1.807, 2.05) is 37.5 Å². The molecule has 3 aromatic heterocycles. The number of hydrazine groups is 1. The molecule has 0 unspecified atom stereocenters. The van der Waals surface area contributed by atoms with Gasteiger partial charge in [0.25, 0.3) is 0 Å². The van der Waals surface area contributed by atoms with Crippen molar-refractivity contribution in [1.82, 2.24) is 25.4 Å². The van der Waals surface area contributed by atoms with Gasteiger partial charge in [0.1, 0.15) is 12.1 Å². The maximum absolute atomic E-state index is 4.72. The lowest BCUT2D eigenvalue weighted by Gasteiger charge is -2.16. The number of fused-ring (bicyclic) bond motifs is 3. The Bertz CT molecular complexity index is 1280. The number of anilines is 2. The summed E-state index contributed by atoms with van der Waals surface area (Å²) in [4.78, 5) is 17.8. The number of aromatic nitrogens is 4. The Hall–Kier alpha value is -4.00. The maximum Gasteiger partial charge on any atom is 0.129 e. The molecule has 0 saturated carbocycles. The van der Waals surface area contributed by atoms with Gasteiger partial charge < -0.3 is 10.7 Å². The average Bonchev–Trinajstić information content (AvgIpc) is 3.19. The summed E-state index contributed by atoms with van der Waals surface area (Å²) in [5.74, 6) is 1.01. The van der Waals surface area contributed by atoms with E-state index in [9.17, 15) is 0 Å². The lowest BCUT2D eigenvalue weighted by molar-refractivity contribution is 0.806. The Labute approximate surface area is 180 Å². The molecule has 3 N–H and O–H groups in total. The zero-order valence-electron chi connectivity index (χ0n) is 17.5. The number of rotatable bonds is 5. The second kappa shape index (κ2) is 7.68. The van der Waals surface area contributed by atoms with Crippen molar-refractivity contribution in [2.75, 3.05) is 17.3 Å². The van der Waals surface area contributed by atoms with E-state index >= 15 is 0 Å². The zero-order chi connectivity index (χ0) is 21.4. The quantitative estimate of drug-likeness (QED) is 0.447. The van der Waals surface area contributed by atoms with Crippen LogP contribution in [0.2, 0.25) is 0 Å². The molecule has 1 aliphatic heterocycles. The molecule has 0 bridgehead atoms. The van der Waals surface area contributed by atoms with E-state index in [-0.39, 0.29) is 5.92 Å². The first-order chi connectivity index (χ1) is 15.1. The highest BCUT2D eigenvalue weighted by Gasteiger charge is 2.20. The average molecular weight is 409 g/mol. The first kappa shape index (κ1) is 19.0. The van der Waals surface area contributed by atoms with E-state index < -0.39 is 0 Å². The van der Waals surface area contributed by atoms with Crippen LogP contribution in [0.4, 0.5) is 11.5 Å². The van der Waals surface area contributed by atoms with E-state index in [0.717, 1.165) is 57.2 Å². The maximum atomic E-state index is 4.72. The minimum absolute atomic E-state index is 0.226. The molecule has 5 rings (SSSR count). The number of benzene rings is 1. The van der Waals surface area contributed by atoms with Crippen LogP contribution in [0.25, 0.3) is 27.9 Å². The summed E-state index contributed by atoms with van der Waals surface area (Å²) in [6.45, 7) is 8.98. The van der Waals surface area contributed by atoms with Crippen LogP contribution >= 0.6 is 0 Å². The Balaban J connectivity index is 1.38. The highest BCUT2D eigenvalue weighted by Crippen LogP contribution is 2.35. The molecule has 31 heavy (non-hydrogen) atoms. The topological polar surface area (TPSA) is 87.7 Å². The first-order valence-electron chi connectivity index (χ1n) is 10.2. The Kier molecular flexibility index (Phi) is 4.71. The first-order valence-corrected chi connectivity index (χ1v) is 10.2. The third kappa shape index (κ3) is 3.54. The van der Waals surface area contributed by atoms with E-state index in [2.05, 4.69) is 62.8 Å². The van der Waals surface area contributed by atoms with Crippen molar-refractivity contribution >= 4 is 28.1 Å². The Morgan fingerprint density at radius 1 is 1.03 bits per heavy atom. The summed E-state index contributed by atoms with van der Waals surface area (Å²) in [6, 6.07) is 12.3. The molecule has 0 amide bonds. The van der Waals surface area contributed by atoms with E-state index in [1.54, 1.807) is 6.33 Å². The number of hydrogen-bond acceptors (Lipinski definition) is 7. The molecule has 154 valence electrons. The fourth-order valence-electron chi connectivity index (χ4n) is 3.87. The van der Waals surface area contributed by atoms with Gasteiger partial charge >= 0.3 is 0 Å². The Morgan fingerprint density at radius 3 is 2.77 bits per heavy atom. The van der Waals surface area contributed by atoms with Crippen LogP contribution in [0.15, 0.2) is 61.7 Å². The van der Waals surface area contributed by atoms with Crippen molar-refractivity contribution in [3.8, 4) is 11.3 Å². The van der Waals surface area contributed by atoms with Gasteiger partial charge in [0, 0.05) is 46.9 Å². The van der Waals surface area contributed by atoms with Gasteiger partial charge in [-0.05, 0) is 24.6 Å². The van der Waals surface area contributed by atoms with Crippen LogP contribution in [-0.2, 0) is 0 Å². The van der Waals surface area contributed by atoms with E-state index in [0.29, 0.717) is 0 Å². The molecule has 0 radical (unpaired) electrons. The molecule has 0 fully saturated rings. The van der Waals surface area contributed by atoms with E-state index in [1.165, 1.54) is 5.56 Å². The van der Waals surface area contributed by atoms with Crippen molar-refractivity contribution in [1.29, 1.82) is 0 Å². The molecule has 1 aromatic carbocycles.